The van der Waals surface area contributed by atoms with Crippen LogP contribution in [0, 0.1) is 13.8 Å². The summed E-state index contributed by atoms with van der Waals surface area (Å²) in [5.74, 6) is 0.133. The molecule has 6 heteroatoms. The quantitative estimate of drug-likeness (QED) is 0.284. The van der Waals surface area contributed by atoms with Crippen molar-refractivity contribution in [3.63, 3.8) is 0 Å². The van der Waals surface area contributed by atoms with Gasteiger partial charge >= 0.3 is 0 Å². The molecule has 4 rings (SSSR count). The smallest absolute Gasteiger partial charge is 0.234 e. The molecule has 1 heterocycles. The number of rotatable bonds is 8. The molecule has 0 aliphatic rings. The highest BCUT2D eigenvalue weighted by Gasteiger charge is 2.16. The number of hydrogen-bond donors (Lipinski definition) is 1. The van der Waals surface area contributed by atoms with Crippen LogP contribution in [0.15, 0.2) is 71.9 Å². The second-order valence-corrected chi connectivity index (χ2v) is 9.46. The maximum absolute atomic E-state index is 12.8. The third-order valence-corrected chi connectivity index (χ3v) is 6.75. The topological polar surface area (TPSA) is 67.8 Å². The summed E-state index contributed by atoms with van der Waals surface area (Å²) in [5, 5.41) is 12.5. The minimum absolute atomic E-state index is 0.0753. The lowest BCUT2D eigenvalue weighted by Gasteiger charge is -2.14. The maximum atomic E-state index is 12.8. The van der Waals surface area contributed by atoms with E-state index >= 15 is 0 Å². The SMILES string of the molecule is CCc1cccc(CC)c1NC(=O)CSc1nnc(-c2ccc(C)cc2)c(-c2ccc(C)cc2)n1. The average Bonchev–Trinajstić information content (AvgIpc) is 2.88. The second-order valence-electron chi connectivity index (χ2n) is 8.52. The molecule has 0 aliphatic heterocycles. The van der Waals surface area contributed by atoms with E-state index in [1.54, 1.807) is 0 Å². The summed E-state index contributed by atoms with van der Waals surface area (Å²) in [5.41, 5.74) is 8.99. The largest absolute Gasteiger partial charge is 0.325 e. The van der Waals surface area contributed by atoms with Crippen LogP contribution < -0.4 is 5.32 Å². The molecule has 0 radical (unpaired) electrons. The van der Waals surface area contributed by atoms with E-state index < -0.39 is 0 Å². The predicted molar refractivity (Wildman–Crippen MR) is 145 cm³/mol. The Morgan fingerprint density at radius 3 is 1.86 bits per heavy atom. The van der Waals surface area contributed by atoms with E-state index in [1.165, 1.54) is 22.9 Å². The summed E-state index contributed by atoms with van der Waals surface area (Å²) < 4.78 is 0. The highest BCUT2D eigenvalue weighted by atomic mass is 32.2. The first-order chi connectivity index (χ1) is 17.0. The molecule has 0 unspecified atom stereocenters. The number of thioether (sulfide) groups is 1. The minimum atomic E-state index is -0.0753. The Bertz CT molecular complexity index is 1300. The first kappa shape index (κ1) is 24.6. The Labute approximate surface area is 211 Å². The van der Waals surface area contributed by atoms with Crippen molar-refractivity contribution in [3.05, 3.63) is 89.0 Å². The van der Waals surface area contributed by atoms with Crippen LogP contribution in [0.4, 0.5) is 5.69 Å². The van der Waals surface area contributed by atoms with Crippen molar-refractivity contribution in [2.24, 2.45) is 0 Å². The van der Waals surface area contributed by atoms with Gasteiger partial charge in [-0.25, -0.2) is 4.98 Å². The van der Waals surface area contributed by atoms with Gasteiger partial charge in [0.25, 0.3) is 0 Å². The Morgan fingerprint density at radius 2 is 1.31 bits per heavy atom. The van der Waals surface area contributed by atoms with E-state index in [9.17, 15) is 4.79 Å². The van der Waals surface area contributed by atoms with Gasteiger partial charge in [0.1, 0.15) is 11.4 Å². The first-order valence-electron chi connectivity index (χ1n) is 11.9. The molecule has 0 aliphatic carbocycles. The number of carbonyl (C=O) groups is 1. The number of aryl methyl sites for hydroxylation is 4. The minimum Gasteiger partial charge on any atom is -0.325 e. The monoisotopic (exact) mass is 482 g/mol. The normalized spacial score (nSPS) is 10.9. The highest BCUT2D eigenvalue weighted by Crippen LogP contribution is 2.30. The number of nitrogens with one attached hydrogen (secondary N) is 1. The zero-order valence-corrected chi connectivity index (χ0v) is 21.4. The third-order valence-electron chi connectivity index (χ3n) is 5.91. The lowest BCUT2D eigenvalue weighted by molar-refractivity contribution is -0.113. The lowest BCUT2D eigenvalue weighted by Crippen LogP contribution is -2.17. The molecule has 3 aromatic carbocycles. The maximum Gasteiger partial charge on any atom is 0.234 e. The number of anilines is 1. The molecule has 35 heavy (non-hydrogen) atoms. The fourth-order valence-electron chi connectivity index (χ4n) is 3.90. The number of benzene rings is 3. The zero-order valence-electron chi connectivity index (χ0n) is 20.6. The summed E-state index contributed by atoms with van der Waals surface area (Å²) in [6.07, 6.45) is 1.73. The van der Waals surface area contributed by atoms with Gasteiger partial charge in [0.2, 0.25) is 11.1 Å². The summed E-state index contributed by atoms with van der Waals surface area (Å²) in [7, 11) is 0. The molecule has 4 aromatic rings. The van der Waals surface area contributed by atoms with Gasteiger partial charge in [-0.05, 0) is 37.8 Å². The van der Waals surface area contributed by atoms with Gasteiger partial charge < -0.3 is 5.32 Å². The first-order valence-corrected chi connectivity index (χ1v) is 12.9. The molecule has 1 N–H and O–H groups in total. The van der Waals surface area contributed by atoms with Crippen molar-refractivity contribution in [2.75, 3.05) is 11.1 Å². The lowest BCUT2D eigenvalue weighted by atomic mass is 10.0. The molecule has 178 valence electrons. The number of aromatic nitrogens is 3. The van der Waals surface area contributed by atoms with E-state index in [4.69, 9.17) is 4.98 Å². The van der Waals surface area contributed by atoms with Crippen molar-refractivity contribution in [3.8, 4) is 22.5 Å². The summed E-state index contributed by atoms with van der Waals surface area (Å²) >= 11 is 1.30. The van der Waals surface area contributed by atoms with Gasteiger partial charge in [0, 0.05) is 16.8 Å². The van der Waals surface area contributed by atoms with Gasteiger partial charge in [-0.15, -0.1) is 10.2 Å². The molecule has 0 saturated carbocycles. The van der Waals surface area contributed by atoms with Crippen LogP contribution in [0.3, 0.4) is 0 Å². The molecule has 0 atom stereocenters. The van der Waals surface area contributed by atoms with E-state index in [0.29, 0.717) is 5.16 Å². The highest BCUT2D eigenvalue weighted by molar-refractivity contribution is 7.99. The fourth-order valence-corrected chi connectivity index (χ4v) is 4.49. The average molecular weight is 483 g/mol. The standard InChI is InChI=1S/C29H30N4OS/c1-5-21-8-7-9-22(6-2)26(21)30-25(34)18-35-29-31-27(23-14-10-19(3)11-15-23)28(32-33-29)24-16-12-20(4)13-17-24/h7-17H,5-6,18H2,1-4H3,(H,30,34). The van der Waals surface area contributed by atoms with Crippen LogP contribution in [-0.4, -0.2) is 26.8 Å². The van der Waals surface area contributed by atoms with E-state index in [0.717, 1.165) is 52.2 Å². The molecule has 0 saturated heterocycles. The molecule has 0 fully saturated rings. The van der Waals surface area contributed by atoms with Crippen molar-refractivity contribution in [2.45, 2.75) is 45.7 Å². The van der Waals surface area contributed by atoms with Crippen LogP contribution >= 0.6 is 11.8 Å². The van der Waals surface area contributed by atoms with E-state index in [1.807, 2.05) is 30.3 Å². The molecular weight excluding hydrogens is 452 g/mol. The van der Waals surface area contributed by atoms with E-state index in [2.05, 4.69) is 79.6 Å². The number of hydrogen-bond acceptors (Lipinski definition) is 5. The number of para-hydroxylation sites is 1. The van der Waals surface area contributed by atoms with Gasteiger partial charge in [-0.3, -0.25) is 4.79 Å². The Hall–Kier alpha value is -3.51. The summed E-state index contributed by atoms with van der Waals surface area (Å²) in [6.45, 7) is 8.31. The Balaban J connectivity index is 1.58. The predicted octanol–water partition coefficient (Wildman–Crippen LogP) is 6.68. The number of nitrogens with zero attached hydrogens (tertiary/aromatic N) is 3. The number of amides is 1. The van der Waals surface area contributed by atoms with Crippen molar-refractivity contribution < 1.29 is 4.79 Å². The fraction of sp³-hybridized carbons (Fsp3) is 0.241. The molecule has 1 amide bonds. The second kappa shape index (κ2) is 11.3. The summed E-state index contributed by atoms with van der Waals surface area (Å²) in [6, 6.07) is 22.6. The zero-order chi connectivity index (χ0) is 24.8. The van der Waals surface area contributed by atoms with Gasteiger partial charge in [0.15, 0.2) is 0 Å². The van der Waals surface area contributed by atoms with Crippen LogP contribution in [0.5, 0.6) is 0 Å². The van der Waals surface area contributed by atoms with Crippen LogP contribution in [0.25, 0.3) is 22.5 Å². The molecule has 0 bridgehead atoms. The molecule has 5 nitrogen and oxygen atoms in total. The summed E-state index contributed by atoms with van der Waals surface area (Å²) in [4.78, 5) is 17.7. The van der Waals surface area contributed by atoms with Crippen molar-refractivity contribution in [1.82, 2.24) is 15.2 Å². The van der Waals surface area contributed by atoms with Crippen molar-refractivity contribution in [1.29, 1.82) is 0 Å². The number of carbonyl (C=O) groups excluding carboxylic acids is 1. The van der Waals surface area contributed by atoms with E-state index in [-0.39, 0.29) is 11.7 Å². The van der Waals surface area contributed by atoms with Crippen LogP contribution in [-0.2, 0) is 17.6 Å². The van der Waals surface area contributed by atoms with Crippen LogP contribution in [0.2, 0.25) is 0 Å². The van der Waals surface area contributed by atoms with Crippen molar-refractivity contribution >= 4 is 23.4 Å². The van der Waals surface area contributed by atoms with Crippen LogP contribution in [0.1, 0.15) is 36.1 Å². The Kier molecular flexibility index (Phi) is 7.93. The molecule has 0 spiro atoms. The molecular formula is C29H30N4OS. The van der Waals surface area contributed by atoms with Gasteiger partial charge in [-0.2, -0.15) is 0 Å². The van der Waals surface area contributed by atoms with Gasteiger partial charge in [-0.1, -0.05) is 103 Å². The Morgan fingerprint density at radius 1 is 0.771 bits per heavy atom. The molecule has 1 aromatic heterocycles. The third kappa shape index (κ3) is 5.95. The van der Waals surface area contributed by atoms with Gasteiger partial charge in [0.05, 0.1) is 5.75 Å².